The smallest absolute Gasteiger partial charge is 0.251 e. The number of hydrogen-bond donors (Lipinski definition) is 3. The van der Waals surface area contributed by atoms with Crippen molar-refractivity contribution in [1.82, 2.24) is 10.0 Å². The van der Waals surface area contributed by atoms with Crippen molar-refractivity contribution >= 4 is 28.3 Å². The predicted molar refractivity (Wildman–Crippen MR) is 85.1 cm³/mol. The summed E-state index contributed by atoms with van der Waals surface area (Å²) in [5.41, 5.74) is 5.82. The highest BCUT2D eigenvalue weighted by molar-refractivity contribution is 7.89. The van der Waals surface area contributed by atoms with Crippen LogP contribution in [-0.4, -0.2) is 33.0 Å². The molecule has 0 aliphatic carbocycles. The number of hydrogen-bond acceptors (Lipinski definition) is 4. The van der Waals surface area contributed by atoms with Gasteiger partial charge in [-0.15, -0.1) is 12.4 Å². The molecule has 0 bridgehead atoms. The summed E-state index contributed by atoms with van der Waals surface area (Å²) in [6.07, 6.45) is 0. The van der Waals surface area contributed by atoms with E-state index >= 15 is 0 Å². The Bertz CT molecular complexity index is 559. The van der Waals surface area contributed by atoms with E-state index in [-0.39, 0.29) is 35.3 Å². The van der Waals surface area contributed by atoms with E-state index in [9.17, 15) is 13.2 Å². The topological polar surface area (TPSA) is 101 Å². The number of benzene rings is 1. The summed E-state index contributed by atoms with van der Waals surface area (Å²) in [5, 5.41) is 2.71. The van der Waals surface area contributed by atoms with Gasteiger partial charge in [-0.3, -0.25) is 4.79 Å². The van der Waals surface area contributed by atoms with E-state index in [1.165, 1.54) is 24.3 Å². The SMILES string of the molecule is CC(C)NS(=O)(=O)c1ccc(C(=O)N[C@@H](C)CN)cc1.Cl. The van der Waals surface area contributed by atoms with Crippen molar-refractivity contribution in [2.75, 3.05) is 6.54 Å². The summed E-state index contributed by atoms with van der Waals surface area (Å²) in [7, 11) is -3.53. The number of nitrogens with one attached hydrogen (secondary N) is 2. The highest BCUT2D eigenvalue weighted by Crippen LogP contribution is 2.11. The molecule has 0 aromatic heterocycles. The van der Waals surface area contributed by atoms with Crippen LogP contribution in [0.15, 0.2) is 29.2 Å². The van der Waals surface area contributed by atoms with Crippen LogP contribution in [0.2, 0.25) is 0 Å². The third-order valence-corrected chi connectivity index (χ3v) is 4.22. The summed E-state index contributed by atoms with van der Waals surface area (Å²) in [6, 6.07) is 5.46. The van der Waals surface area contributed by atoms with Crippen LogP contribution in [0.1, 0.15) is 31.1 Å². The van der Waals surface area contributed by atoms with Crippen LogP contribution >= 0.6 is 12.4 Å². The second-order valence-corrected chi connectivity index (χ2v) is 6.62. The van der Waals surface area contributed by atoms with Crippen LogP contribution < -0.4 is 15.8 Å². The molecule has 21 heavy (non-hydrogen) atoms. The molecule has 4 N–H and O–H groups in total. The molecular weight excluding hydrogens is 314 g/mol. The summed E-state index contributed by atoms with van der Waals surface area (Å²) in [4.78, 5) is 12.0. The molecular formula is C13H22ClN3O3S. The van der Waals surface area contributed by atoms with Gasteiger partial charge in [-0.25, -0.2) is 13.1 Å². The Balaban J connectivity index is 0.00000400. The lowest BCUT2D eigenvalue weighted by Crippen LogP contribution is -2.37. The molecule has 0 aliphatic rings. The standard InChI is InChI=1S/C13H21N3O3S.ClH/c1-9(2)16-20(18,19)12-6-4-11(5-7-12)13(17)15-10(3)8-14;/h4-7,9-10,16H,8,14H2,1-3H3,(H,15,17);1H/t10-;/m0./s1. The molecule has 0 unspecified atom stereocenters. The molecule has 0 fully saturated rings. The van der Waals surface area contributed by atoms with Gasteiger partial charge in [0.2, 0.25) is 10.0 Å². The Morgan fingerprint density at radius 3 is 2.14 bits per heavy atom. The highest BCUT2D eigenvalue weighted by Gasteiger charge is 2.16. The molecule has 1 aromatic carbocycles. The fourth-order valence-corrected chi connectivity index (χ4v) is 2.78. The van der Waals surface area contributed by atoms with Gasteiger partial charge in [0.1, 0.15) is 0 Å². The molecule has 0 saturated heterocycles. The third kappa shape index (κ3) is 6.01. The first-order valence-corrected chi connectivity index (χ1v) is 7.88. The molecule has 120 valence electrons. The van der Waals surface area contributed by atoms with Crippen molar-refractivity contribution in [3.05, 3.63) is 29.8 Å². The van der Waals surface area contributed by atoms with E-state index in [1.807, 2.05) is 0 Å². The van der Waals surface area contributed by atoms with Crippen molar-refractivity contribution in [2.24, 2.45) is 5.73 Å². The molecule has 6 nitrogen and oxygen atoms in total. The summed E-state index contributed by atoms with van der Waals surface area (Å²) < 4.78 is 26.3. The van der Waals surface area contributed by atoms with Gasteiger partial charge in [-0.2, -0.15) is 0 Å². The van der Waals surface area contributed by atoms with Crippen molar-refractivity contribution in [2.45, 2.75) is 37.8 Å². The molecule has 1 aromatic rings. The largest absolute Gasteiger partial charge is 0.348 e. The first kappa shape index (κ1) is 19.9. The highest BCUT2D eigenvalue weighted by atomic mass is 35.5. The van der Waals surface area contributed by atoms with E-state index < -0.39 is 10.0 Å². The van der Waals surface area contributed by atoms with Gasteiger partial charge in [0.15, 0.2) is 0 Å². The molecule has 0 spiro atoms. The third-order valence-electron chi connectivity index (χ3n) is 2.55. The Kier molecular flexibility index (Phi) is 7.87. The van der Waals surface area contributed by atoms with Crippen LogP contribution in [-0.2, 0) is 10.0 Å². The van der Waals surface area contributed by atoms with E-state index in [0.29, 0.717) is 12.1 Å². The number of rotatable bonds is 6. The predicted octanol–water partition coefficient (Wildman–Crippen LogP) is 0.872. The first-order valence-electron chi connectivity index (χ1n) is 6.39. The zero-order chi connectivity index (χ0) is 15.3. The van der Waals surface area contributed by atoms with E-state index in [4.69, 9.17) is 5.73 Å². The van der Waals surface area contributed by atoms with Gasteiger partial charge in [0.05, 0.1) is 4.90 Å². The van der Waals surface area contributed by atoms with E-state index in [1.54, 1.807) is 20.8 Å². The quantitative estimate of drug-likeness (QED) is 0.718. The van der Waals surface area contributed by atoms with Crippen molar-refractivity contribution in [3.8, 4) is 0 Å². The zero-order valence-corrected chi connectivity index (χ0v) is 13.9. The van der Waals surface area contributed by atoms with Gasteiger partial charge < -0.3 is 11.1 Å². The Labute approximate surface area is 132 Å². The average molecular weight is 336 g/mol. The van der Waals surface area contributed by atoms with Gasteiger partial charge >= 0.3 is 0 Å². The summed E-state index contributed by atoms with van der Waals surface area (Å²) in [5.74, 6) is -0.274. The Morgan fingerprint density at radius 1 is 1.19 bits per heavy atom. The molecule has 1 atom stereocenters. The maximum absolute atomic E-state index is 11.9. The lowest BCUT2D eigenvalue weighted by Gasteiger charge is -2.12. The fourth-order valence-electron chi connectivity index (χ4n) is 1.53. The Hall–Kier alpha value is -1.15. The molecule has 1 amide bonds. The second kappa shape index (κ2) is 8.33. The number of nitrogens with two attached hydrogens (primary N) is 1. The van der Waals surface area contributed by atoms with Crippen molar-refractivity contribution < 1.29 is 13.2 Å². The minimum atomic E-state index is -3.53. The van der Waals surface area contributed by atoms with Gasteiger partial charge in [0.25, 0.3) is 5.91 Å². The van der Waals surface area contributed by atoms with E-state index in [0.717, 1.165) is 0 Å². The van der Waals surface area contributed by atoms with Crippen molar-refractivity contribution in [3.63, 3.8) is 0 Å². The molecule has 0 heterocycles. The first-order chi connectivity index (χ1) is 9.26. The number of halogens is 1. The minimum absolute atomic E-state index is 0. The number of sulfonamides is 1. The molecule has 8 heteroatoms. The summed E-state index contributed by atoms with van der Waals surface area (Å²) >= 11 is 0. The van der Waals surface area contributed by atoms with Crippen LogP contribution in [0.25, 0.3) is 0 Å². The fraction of sp³-hybridized carbons (Fsp3) is 0.462. The molecule has 0 radical (unpaired) electrons. The normalized spacial score (nSPS) is 12.6. The van der Waals surface area contributed by atoms with Crippen LogP contribution in [0, 0.1) is 0 Å². The number of carbonyl (C=O) groups excluding carboxylic acids is 1. The monoisotopic (exact) mass is 335 g/mol. The lowest BCUT2D eigenvalue weighted by atomic mass is 10.2. The Morgan fingerprint density at radius 2 is 1.71 bits per heavy atom. The number of amides is 1. The molecule has 1 rings (SSSR count). The van der Waals surface area contributed by atoms with Gasteiger partial charge in [0, 0.05) is 24.2 Å². The van der Waals surface area contributed by atoms with Gasteiger partial charge in [-0.1, -0.05) is 0 Å². The van der Waals surface area contributed by atoms with Crippen LogP contribution in [0.5, 0.6) is 0 Å². The number of carbonyl (C=O) groups is 1. The van der Waals surface area contributed by atoms with Gasteiger partial charge in [-0.05, 0) is 45.0 Å². The average Bonchev–Trinajstić information content (AvgIpc) is 2.37. The van der Waals surface area contributed by atoms with Crippen molar-refractivity contribution in [1.29, 1.82) is 0 Å². The minimum Gasteiger partial charge on any atom is -0.348 e. The summed E-state index contributed by atoms with van der Waals surface area (Å²) in [6.45, 7) is 5.63. The van der Waals surface area contributed by atoms with Crippen LogP contribution in [0.4, 0.5) is 0 Å². The second-order valence-electron chi connectivity index (χ2n) is 4.91. The van der Waals surface area contributed by atoms with Crippen LogP contribution in [0.3, 0.4) is 0 Å². The molecule has 0 saturated carbocycles. The van der Waals surface area contributed by atoms with E-state index in [2.05, 4.69) is 10.0 Å². The zero-order valence-electron chi connectivity index (χ0n) is 12.3. The lowest BCUT2D eigenvalue weighted by molar-refractivity contribution is 0.0941. The molecule has 0 aliphatic heterocycles. The maximum Gasteiger partial charge on any atom is 0.251 e. The maximum atomic E-state index is 11.9.